The molecule has 196 valence electrons. The van der Waals surface area contributed by atoms with Crippen molar-refractivity contribution in [3.05, 3.63) is 0 Å². The molecule has 0 bridgehead atoms. The lowest BCUT2D eigenvalue weighted by atomic mass is 9.94. The highest BCUT2D eigenvalue weighted by Gasteiger charge is 2.51. The van der Waals surface area contributed by atoms with Crippen LogP contribution in [0.5, 0.6) is 0 Å². The van der Waals surface area contributed by atoms with Crippen molar-refractivity contribution in [2.45, 2.75) is 81.1 Å². The highest BCUT2D eigenvalue weighted by Crippen LogP contribution is 2.29. The van der Waals surface area contributed by atoms with Crippen LogP contribution in [0.1, 0.15) is 19.8 Å². The van der Waals surface area contributed by atoms with E-state index in [9.17, 15) is 39.9 Å². The Hall–Kier alpha value is -1.95. The van der Waals surface area contributed by atoms with Crippen LogP contribution in [0, 0.1) is 0 Å². The molecule has 0 aromatic carbocycles. The Morgan fingerprint density at radius 2 is 1.47 bits per heavy atom. The molecule has 2 aliphatic heterocycles. The second-order valence-corrected chi connectivity index (χ2v) is 7.97. The lowest BCUT2D eigenvalue weighted by molar-refractivity contribution is -0.336. The molecule has 2 unspecified atom stereocenters. The molecule has 0 aliphatic carbocycles. The highest BCUT2D eigenvalue weighted by molar-refractivity contribution is 5.80. The van der Waals surface area contributed by atoms with Crippen molar-refractivity contribution in [1.29, 1.82) is 0 Å². The lowest BCUT2D eigenvalue weighted by Crippen LogP contribution is -2.69. The Morgan fingerprint density at radius 3 is 2.00 bits per heavy atom. The van der Waals surface area contributed by atoms with Crippen LogP contribution in [0.3, 0.4) is 0 Å². The van der Waals surface area contributed by atoms with Gasteiger partial charge in [-0.15, -0.1) is 0 Å². The number of hydrogen-bond acceptors (Lipinski definition) is 12. The zero-order valence-corrected chi connectivity index (χ0v) is 18.6. The molecule has 2 rings (SSSR count). The Balaban J connectivity index is 2.21. The molecule has 15 heteroatoms. The van der Waals surface area contributed by atoms with Crippen LogP contribution < -0.4 is 10.6 Å². The van der Waals surface area contributed by atoms with Crippen LogP contribution in [0.2, 0.25) is 0 Å². The maximum absolute atomic E-state index is 12.1. The Morgan fingerprint density at radius 1 is 0.853 bits per heavy atom. The van der Waals surface area contributed by atoms with Crippen molar-refractivity contribution in [2.24, 2.45) is 0 Å². The predicted molar refractivity (Wildman–Crippen MR) is 108 cm³/mol. The Kier molecular flexibility index (Phi) is 10.5. The van der Waals surface area contributed by atoms with E-state index in [4.69, 9.17) is 24.1 Å². The van der Waals surface area contributed by atoms with E-state index in [-0.39, 0.29) is 0 Å². The van der Waals surface area contributed by atoms with Crippen LogP contribution >= 0.6 is 0 Å². The number of rotatable bonds is 10. The van der Waals surface area contributed by atoms with Crippen LogP contribution in [-0.4, -0.2) is 130 Å². The van der Waals surface area contributed by atoms with Crippen molar-refractivity contribution in [2.75, 3.05) is 20.3 Å². The zero-order valence-electron chi connectivity index (χ0n) is 18.6. The average molecular weight is 496 g/mol. The van der Waals surface area contributed by atoms with Crippen LogP contribution in [-0.2, 0) is 33.3 Å². The van der Waals surface area contributed by atoms with Gasteiger partial charge in [-0.3, -0.25) is 14.4 Å². The number of aliphatic hydroxyl groups is 5. The highest BCUT2D eigenvalue weighted by atomic mass is 16.7. The fraction of sp³-hybridized carbons (Fsp3) is 0.842. The molecule has 10 atom stereocenters. The number of amides is 2. The maximum Gasteiger partial charge on any atom is 0.303 e. The molecule has 2 saturated heterocycles. The van der Waals surface area contributed by atoms with E-state index in [1.807, 2.05) is 0 Å². The summed E-state index contributed by atoms with van der Waals surface area (Å²) in [4.78, 5) is 34.3. The van der Waals surface area contributed by atoms with Gasteiger partial charge in [0.25, 0.3) is 0 Å². The summed E-state index contributed by atoms with van der Waals surface area (Å²) in [7, 11) is 1.26. The number of carbonyl (C=O) groups is 3. The first kappa shape index (κ1) is 28.3. The standard InChI is InChI=1S/C19H32N2O13/c1-7(24)20-13-15(29)17(9(6-23)33-18(13)31-2)34-19-16(30)12(14(28)8(5-22)32-19)21-10(25)3-4-11(26)27/h8-9,12-19,22-23,28-30H,3-6H2,1-2H3,(H,20,24)(H,21,25)(H,26,27)/t8-,9-,12+,13-,14+,15-,16-,17-,18?,19?/m1/s1. The summed E-state index contributed by atoms with van der Waals surface area (Å²) in [6.07, 6.45) is -12.4. The first-order chi connectivity index (χ1) is 16.0. The van der Waals surface area contributed by atoms with Gasteiger partial charge in [0.1, 0.15) is 42.7 Å². The van der Waals surface area contributed by atoms with Gasteiger partial charge in [0.2, 0.25) is 11.8 Å². The van der Waals surface area contributed by atoms with E-state index in [1.165, 1.54) is 14.0 Å². The predicted octanol–water partition coefficient (Wildman–Crippen LogP) is -4.61. The molecule has 34 heavy (non-hydrogen) atoms. The van der Waals surface area contributed by atoms with E-state index >= 15 is 0 Å². The van der Waals surface area contributed by atoms with Crippen LogP contribution in [0.4, 0.5) is 0 Å². The summed E-state index contributed by atoms with van der Waals surface area (Å²) in [6.45, 7) is -0.187. The van der Waals surface area contributed by atoms with Gasteiger partial charge in [0, 0.05) is 20.5 Å². The molecule has 0 saturated carbocycles. The first-order valence-corrected chi connectivity index (χ1v) is 10.6. The van der Waals surface area contributed by atoms with Gasteiger partial charge in [-0.05, 0) is 0 Å². The Labute approximate surface area is 194 Å². The van der Waals surface area contributed by atoms with E-state index < -0.39 is 105 Å². The quantitative estimate of drug-likeness (QED) is 0.142. The number of ether oxygens (including phenoxy) is 4. The first-order valence-electron chi connectivity index (χ1n) is 10.6. The molecule has 0 aromatic rings. The van der Waals surface area contributed by atoms with Gasteiger partial charge in [0.15, 0.2) is 12.6 Å². The van der Waals surface area contributed by atoms with E-state index in [0.29, 0.717) is 0 Å². The lowest BCUT2D eigenvalue weighted by Gasteiger charge is -2.47. The van der Waals surface area contributed by atoms with Crippen LogP contribution in [0.15, 0.2) is 0 Å². The van der Waals surface area contributed by atoms with Gasteiger partial charge < -0.3 is 60.2 Å². The molecule has 15 nitrogen and oxygen atoms in total. The average Bonchev–Trinajstić information content (AvgIpc) is 2.79. The number of aliphatic carboxylic acids is 1. The molecule has 0 spiro atoms. The SMILES string of the molecule is COC1O[C@H](CO)[C@@H](OC2O[C@H](CO)[C@H](O)[C@H](NC(=O)CCC(=O)O)[C@H]2O)[C@H](O)[C@H]1NC(C)=O. The summed E-state index contributed by atoms with van der Waals surface area (Å²) in [5, 5.41) is 64.7. The number of aliphatic hydroxyl groups excluding tert-OH is 5. The number of methoxy groups -OCH3 is 1. The largest absolute Gasteiger partial charge is 0.481 e. The number of carboxylic acids is 1. The third-order valence-electron chi connectivity index (χ3n) is 5.52. The Bertz CT molecular complexity index is 710. The van der Waals surface area contributed by atoms with Crippen molar-refractivity contribution in [1.82, 2.24) is 10.6 Å². The molecule has 2 aliphatic rings. The summed E-state index contributed by atoms with van der Waals surface area (Å²) in [5.41, 5.74) is 0. The maximum atomic E-state index is 12.1. The second kappa shape index (κ2) is 12.7. The normalized spacial score (nSPS) is 38.2. The summed E-state index contributed by atoms with van der Waals surface area (Å²) in [5.74, 6) is -2.52. The van der Waals surface area contributed by atoms with E-state index in [2.05, 4.69) is 10.6 Å². The minimum absolute atomic E-state index is 0.431. The van der Waals surface area contributed by atoms with Gasteiger partial charge in [-0.25, -0.2) is 0 Å². The summed E-state index contributed by atoms with van der Waals surface area (Å²) >= 11 is 0. The van der Waals surface area contributed by atoms with Crippen molar-refractivity contribution in [3.8, 4) is 0 Å². The molecular formula is C19H32N2O13. The molecule has 2 amide bonds. The van der Waals surface area contributed by atoms with Gasteiger partial charge in [-0.1, -0.05) is 0 Å². The molecule has 2 heterocycles. The van der Waals surface area contributed by atoms with Gasteiger partial charge in [-0.2, -0.15) is 0 Å². The monoisotopic (exact) mass is 496 g/mol. The zero-order chi connectivity index (χ0) is 25.6. The topological polar surface area (TPSA) is 234 Å². The van der Waals surface area contributed by atoms with E-state index in [0.717, 1.165) is 0 Å². The fourth-order valence-electron chi connectivity index (χ4n) is 3.83. The summed E-state index contributed by atoms with van der Waals surface area (Å²) < 4.78 is 21.7. The van der Waals surface area contributed by atoms with Crippen molar-refractivity contribution < 1.29 is 64.0 Å². The minimum Gasteiger partial charge on any atom is -0.481 e. The number of carboxylic acid groups (broad SMARTS) is 1. The molecule has 2 fully saturated rings. The third kappa shape index (κ3) is 6.80. The van der Waals surface area contributed by atoms with E-state index in [1.54, 1.807) is 0 Å². The van der Waals surface area contributed by atoms with Crippen LogP contribution in [0.25, 0.3) is 0 Å². The molecule has 0 aromatic heterocycles. The number of nitrogens with one attached hydrogen (secondary N) is 2. The van der Waals surface area contributed by atoms with Crippen molar-refractivity contribution >= 4 is 17.8 Å². The third-order valence-corrected chi connectivity index (χ3v) is 5.52. The summed E-state index contributed by atoms with van der Waals surface area (Å²) in [6, 6.07) is -2.55. The van der Waals surface area contributed by atoms with Gasteiger partial charge in [0.05, 0.1) is 25.7 Å². The fourth-order valence-corrected chi connectivity index (χ4v) is 3.83. The molecule has 8 N–H and O–H groups in total. The minimum atomic E-state index is -1.74. The number of hydrogen-bond donors (Lipinski definition) is 8. The smallest absolute Gasteiger partial charge is 0.303 e. The molecule has 0 radical (unpaired) electrons. The van der Waals surface area contributed by atoms with Crippen molar-refractivity contribution in [3.63, 3.8) is 0 Å². The molecular weight excluding hydrogens is 464 g/mol. The van der Waals surface area contributed by atoms with Gasteiger partial charge >= 0.3 is 5.97 Å². The number of carbonyl (C=O) groups excluding carboxylic acids is 2. The second-order valence-electron chi connectivity index (χ2n) is 7.97.